The number of nitrogens with two attached hydrogens (primary N) is 2. The van der Waals surface area contributed by atoms with Crippen molar-refractivity contribution in [2.24, 2.45) is 11.5 Å². The minimum atomic E-state index is -3.11. The molecule has 128 valence electrons. The van der Waals surface area contributed by atoms with Crippen LogP contribution in [0.2, 0.25) is 0 Å². The molecule has 2 atom stereocenters. The standard InChI is InChI=1S/C13H19N3O6S/c1-2-12(14,15)13(10(17)18,16-23(20)21)11(19)22-8-9-6-4-3-5-7-9/h3-7,16H,2,8,14-15H2,1H3,(H,17,18)(H,20,21)/p-1/t13-/m0/s1. The van der Waals surface area contributed by atoms with Crippen LogP contribution in [0.15, 0.2) is 30.3 Å². The first-order chi connectivity index (χ1) is 10.7. The Morgan fingerprint density at radius 1 is 1.35 bits per heavy atom. The molecule has 1 unspecified atom stereocenters. The molecular weight excluding hydrogens is 326 g/mol. The predicted octanol–water partition coefficient (Wildman–Crippen LogP) is -1.04. The number of aliphatic carboxylic acids is 1. The summed E-state index contributed by atoms with van der Waals surface area (Å²) in [4.78, 5) is 23.9. The van der Waals surface area contributed by atoms with Gasteiger partial charge in [-0.3, -0.25) is 4.21 Å². The van der Waals surface area contributed by atoms with Crippen molar-refractivity contribution in [3.8, 4) is 0 Å². The minimum absolute atomic E-state index is 0.204. The summed E-state index contributed by atoms with van der Waals surface area (Å²) in [5.74, 6) is -3.25. The second kappa shape index (κ2) is 7.62. The van der Waals surface area contributed by atoms with Crippen molar-refractivity contribution in [1.82, 2.24) is 4.72 Å². The zero-order valence-corrected chi connectivity index (χ0v) is 13.2. The molecule has 0 aromatic heterocycles. The third-order valence-electron chi connectivity index (χ3n) is 3.36. The van der Waals surface area contributed by atoms with Gasteiger partial charge in [0.1, 0.15) is 12.3 Å². The molecule has 23 heavy (non-hydrogen) atoms. The summed E-state index contributed by atoms with van der Waals surface area (Å²) in [6.07, 6.45) is -0.204. The fourth-order valence-electron chi connectivity index (χ4n) is 1.88. The van der Waals surface area contributed by atoms with E-state index in [4.69, 9.17) is 16.2 Å². The lowest BCUT2D eigenvalue weighted by Crippen LogP contribution is -2.79. The normalized spacial score (nSPS) is 15.5. The molecular formula is C13H18N3O6S-. The summed E-state index contributed by atoms with van der Waals surface area (Å²) >= 11 is -3.11. The predicted molar refractivity (Wildman–Crippen MR) is 80.1 cm³/mol. The maximum Gasteiger partial charge on any atom is 0.342 e. The molecule has 0 aliphatic heterocycles. The van der Waals surface area contributed by atoms with Gasteiger partial charge in [-0.25, -0.2) is 14.3 Å². The number of nitrogens with one attached hydrogen (secondary N) is 1. The number of carbonyl (C=O) groups excluding carboxylic acids is 1. The van der Waals surface area contributed by atoms with Gasteiger partial charge in [0.15, 0.2) is 0 Å². The first kappa shape index (κ1) is 19.2. The van der Waals surface area contributed by atoms with Crippen LogP contribution in [0.3, 0.4) is 0 Å². The van der Waals surface area contributed by atoms with E-state index in [0.29, 0.717) is 5.56 Å². The Labute approximate surface area is 135 Å². The number of benzene rings is 1. The largest absolute Gasteiger partial charge is 0.760 e. The van der Waals surface area contributed by atoms with Gasteiger partial charge < -0.3 is 25.9 Å². The molecule has 0 aliphatic rings. The number of hydrogen-bond donors (Lipinski definition) is 4. The van der Waals surface area contributed by atoms with Crippen molar-refractivity contribution >= 4 is 23.2 Å². The molecule has 0 bridgehead atoms. The van der Waals surface area contributed by atoms with E-state index in [1.165, 1.54) is 6.92 Å². The highest BCUT2D eigenvalue weighted by Gasteiger charge is 2.60. The summed E-state index contributed by atoms with van der Waals surface area (Å²) in [5.41, 5.74) is 6.89. The zero-order chi connectivity index (χ0) is 17.7. The molecule has 0 heterocycles. The summed E-state index contributed by atoms with van der Waals surface area (Å²) < 4.78 is 28.5. The first-order valence-corrected chi connectivity index (χ1v) is 7.64. The van der Waals surface area contributed by atoms with Crippen molar-refractivity contribution in [1.29, 1.82) is 0 Å². The Hall–Kier alpha value is -1.85. The zero-order valence-electron chi connectivity index (χ0n) is 12.4. The van der Waals surface area contributed by atoms with Gasteiger partial charge in [0, 0.05) is 11.3 Å². The Morgan fingerprint density at radius 3 is 2.35 bits per heavy atom. The lowest BCUT2D eigenvalue weighted by molar-refractivity contribution is -0.167. The number of carboxylic acids is 1. The molecule has 0 aliphatic carbocycles. The Balaban J connectivity index is 3.14. The number of rotatable bonds is 8. The van der Waals surface area contributed by atoms with E-state index in [9.17, 15) is 23.5 Å². The number of ether oxygens (including phenoxy) is 1. The van der Waals surface area contributed by atoms with Gasteiger partial charge in [-0.1, -0.05) is 37.3 Å². The van der Waals surface area contributed by atoms with Crippen LogP contribution < -0.4 is 16.2 Å². The lowest BCUT2D eigenvalue weighted by atomic mass is 9.83. The minimum Gasteiger partial charge on any atom is -0.760 e. The van der Waals surface area contributed by atoms with Crippen LogP contribution in [-0.2, 0) is 32.2 Å². The highest BCUT2D eigenvalue weighted by molar-refractivity contribution is 7.77. The molecule has 10 heteroatoms. The first-order valence-electron chi connectivity index (χ1n) is 6.56. The average molecular weight is 344 g/mol. The Morgan fingerprint density at radius 2 is 1.91 bits per heavy atom. The number of hydrogen-bond acceptors (Lipinski definition) is 7. The van der Waals surface area contributed by atoms with E-state index >= 15 is 0 Å². The Kier molecular flexibility index (Phi) is 6.36. The molecule has 0 radical (unpaired) electrons. The van der Waals surface area contributed by atoms with E-state index in [-0.39, 0.29) is 13.0 Å². The number of carboxylic acid groups (broad SMARTS) is 1. The molecule has 1 rings (SSSR count). The van der Waals surface area contributed by atoms with E-state index in [0.717, 1.165) is 0 Å². The Bertz CT molecular complexity index is 595. The van der Waals surface area contributed by atoms with Crippen molar-refractivity contribution in [3.63, 3.8) is 0 Å². The topological polar surface area (TPSA) is 168 Å². The fraction of sp³-hybridized carbons (Fsp3) is 0.385. The molecule has 0 saturated carbocycles. The number of esters is 1. The molecule has 0 amide bonds. The van der Waals surface area contributed by atoms with Gasteiger partial charge in [0.2, 0.25) is 0 Å². The van der Waals surface area contributed by atoms with Crippen molar-refractivity contribution < 1.29 is 28.2 Å². The monoisotopic (exact) mass is 344 g/mol. The smallest absolute Gasteiger partial charge is 0.342 e. The molecule has 0 fully saturated rings. The molecule has 1 aromatic carbocycles. The summed E-state index contributed by atoms with van der Waals surface area (Å²) in [7, 11) is 0. The van der Waals surface area contributed by atoms with Crippen LogP contribution in [0.5, 0.6) is 0 Å². The van der Waals surface area contributed by atoms with Gasteiger partial charge in [-0.15, -0.1) is 0 Å². The maximum absolute atomic E-state index is 12.3. The number of carbonyl (C=O) groups is 2. The molecule has 0 saturated heterocycles. The van der Waals surface area contributed by atoms with Crippen molar-refractivity contribution in [3.05, 3.63) is 35.9 Å². The molecule has 0 spiro atoms. The van der Waals surface area contributed by atoms with E-state index in [1.54, 1.807) is 35.1 Å². The fourth-order valence-corrected chi connectivity index (χ4v) is 2.49. The van der Waals surface area contributed by atoms with E-state index < -0.39 is 34.4 Å². The van der Waals surface area contributed by atoms with Gasteiger partial charge in [0.05, 0.1) is 0 Å². The van der Waals surface area contributed by atoms with Gasteiger partial charge in [0.25, 0.3) is 5.54 Å². The van der Waals surface area contributed by atoms with Crippen LogP contribution in [-0.4, -0.2) is 37.0 Å². The molecule has 1 aromatic rings. The van der Waals surface area contributed by atoms with Crippen LogP contribution in [0.25, 0.3) is 0 Å². The second-order valence-electron chi connectivity index (χ2n) is 4.85. The molecule has 9 nitrogen and oxygen atoms in total. The second-order valence-corrected chi connectivity index (χ2v) is 5.52. The third-order valence-corrected chi connectivity index (χ3v) is 3.83. The quantitative estimate of drug-likeness (QED) is 0.201. The van der Waals surface area contributed by atoms with Gasteiger partial charge in [-0.2, -0.15) is 0 Å². The summed E-state index contributed by atoms with van der Waals surface area (Å²) in [6, 6.07) is 8.43. The van der Waals surface area contributed by atoms with E-state index in [1.807, 2.05) is 0 Å². The summed E-state index contributed by atoms with van der Waals surface area (Å²) in [6.45, 7) is 1.15. The van der Waals surface area contributed by atoms with Crippen LogP contribution >= 0.6 is 0 Å². The van der Waals surface area contributed by atoms with Crippen LogP contribution in [0, 0.1) is 0 Å². The highest BCUT2D eigenvalue weighted by atomic mass is 32.2. The lowest BCUT2D eigenvalue weighted by Gasteiger charge is -2.40. The van der Waals surface area contributed by atoms with Crippen LogP contribution in [0.4, 0.5) is 0 Å². The van der Waals surface area contributed by atoms with Crippen molar-refractivity contribution in [2.75, 3.05) is 0 Å². The van der Waals surface area contributed by atoms with Crippen molar-refractivity contribution in [2.45, 2.75) is 31.2 Å². The average Bonchev–Trinajstić information content (AvgIpc) is 2.50. The maximum atomic E-state index is 12.3. The third kappa shape index (κ3) is 4.12. The van der Waals surface area contributed by atoms with Crippen LogP contribution in [0.1, 0.15) is 18.9 Å². The highest BCUT2D eigenvalue weighted by Crippen LogP contribution is 2.23. The summed E-state index contributed by atoms with van der Waals surface area (Å²) in [5, 5.41) is 9.41. The molecule has 6 N–H and O–H groups in total. The van der Waals surface area contributed by atoms with Gasteiger partial charge in [-0.05, 0) is 12.0 Å². The SMILES string of the molecule is CCC(N)(N)[C@](NS(=O)[O-])(C(=O)O)C(=O)OCc1ccccc1. The van der Waals surface area contributed by atoms with Gasteiger partial charge >= 0.3 is 11.9 Å². The van der Waals surface area contributed by atoms with E-state index in [2.05, 4.69) is 0 Å².